The van der Waals surface area contributed by atoms with Crippen LogP contribution in [0.15, 0.2) is 78.9 Å². The number of nitrogens with zero attached hydrogens (tertiary/aromatic N) is 2. The van der Waals surface area contributed by atoms with Gasteiger partial charge in [-0.2, -0.15) is 5.10 Å². The molecule has 4 aromatic rings. The minimum absolute atomic E-state index is 0.108. The molecule has 1 amide bonds. The monoisotopic (exact) mass is 455 g/mol. The number of methoxy groups -OCH3 is 1. The van der Waals surface area contributed by atoms with Crippen LogP contribution in [-0.2, 0) is 11.2 Å². The Morgan fingerprint density at radius 2 is 1.59 bits per heavy atom. The van der Waals surface area contributed by atoms with E-state index in [0.717, 1.165) is 22.6 Å². The lowest BCUT2D eigenvalue weighted by Gasteiger charge is -2.10. The number of aryl methyl sites for hydroxylation is 1. The summed E-state index contributed by atoms with van der Waals surface area (Å²) in [6.45, 7) is 3.82. The van der Waals surface area contributed by atoms with Crippen molar-refractivity contribution in [3.05, 3.63) is 101 Å². The number of hydrogen-bond donors (Lipinski definition) is 1. The first-order chi connectivity index (χ1) is 16.5. The molecule has 0 spiro atoms. The Labute approximate surface area is 197 Å². The van der Waals surface area contributed by atoms with E-state index < -0.39 is 0 Å². The van der Waals surface area contributed by atoms with Crippen LogP contribution in [0.1, 0.15) is 27.3 Å². The summed E-state index contributed by atoms with van der Waals surface area (Å²) in [7, 11) is 1.52. The molecule has 0 aliphatic heterocycles. The Kier molecular flexibility index (Phi) is 6.73. The quantitative estimate of drug-likeness (QED) is 0.317. The van der Waals surface area contributed by atoms with E-state index >= 15 is 0 Å². The van der Waals surface area contributed by atoms with Crippen LogP contribution in [-0.4, -0.2) is 28.8 Å². The van der Waals surface area contributed by atoms with Crippen LogP contribution >= 0.6 is 0 Å². The molecule has 0 bridgehead atoms. The third kappa shape index (κ3) is 4.99. The van der Waals surface area contributed by atoms with Gasteiger partial charge in [0.05, 0.1) is 30.5 Å². The molecule has 7 heteroatoms. The van der Waals surface area contributed by atoms with E-state index in [0.29, 0.717) is 22.7 Å². The van der Waals surface area contributed by atoms with Gasteiger partial charge in [0.15, 0.2) is 0 Å². The Morgan fingerprint density at radius 3 is 2.29 bits per heavy atom. The lowest BCUT2D eigenvalue weighted by molar-refractivity contribution is -0.133. The van der Waals surface area contributed by atoms with Gasteiger partial charge in [-0.25, -0.2) is 4.68 Å². The molecule has 0 aliphatic carbocycles. The number of rotatable bonds is 7. The standard InChI is InChI=1S/C27H25N3O4/c1-18-24(19(2)30(29-18)21-9-5-4-6-10-21)17-26(31)34-22-15-13-20(14-16-22)28-27(32)23-11-7-8-12-25(23)33-3/h4-16H,17H2,1-3H3,(H,28,32). The molecule has 0 fully saturated rings. The number of nitrogens with one attached hydrogen (secondary N) is 1. The molecule has 172 valence electrons. The summed E-state index contributed by atoms with van der Waals surface area (Å²) in [4.78, 5) is 25.2. The summed E-state index contributed by atoms with van der Waals surface area (Å²) in [5.41, 5.74) is 4.47. The van der Waals surface area contributed by atoms with Crippen molar-refractivity contribution in [2.24, 2.45) is 0 Å². The number of anilines is 1. The molecule has 1 heterocycles. The molecular formula is C27H25N3O4. The van der Waals surface area contributed by atoms with E-state index in [-0.39, 0.29) is 18.3 Å². The maximum absolute atomic E-state index is 12.6. The second-order valence-electron chi connectivity index (χ2n) is 7.73. The number of hydrogen-bond acceptors (Lipinski definition) is 5. The average Bonchev–Trinajstić information content (AvgIpc) is 3.14. The molecule has 0 radical (unpaired) electrons. The van der Waals surface area contributed by atoms with Crippen LogP contribution in [0.2, 0.25) is 0 Å². The second-order valence-corrected chi connectivity index (χ2v) is 7.73. The lowest BCUT2D eigenvalue weighted by Crippen LogP contribution is -2.14. The number of ether oxygens (including phenoxy) is 2. The smallest absolute Gasteiger partial charge is 0.315 e. The van der Waals surface area contributed by atoms with Gasteiger partial charge in [0.2, 0.25) is 0 Å². The number of carbonyl (C=O) groups is 2. The molecule has 0 aliphatic rings. The van der Waals surface area contributed by atoms with Gasteiger partial charge in [-0.05, 0) is 62.4 Å². The molecule has 0 saturated heterocycles. The summed E-state index contributed by atoms with van der Waals surface area (Å²) in [6.07, 6.45) is 0.108. The fourth-order valence-corrected chi connectivity index (χ4v) is 3.70. The van der Waals surface area contributed by atoms with Gasteiger partial charge < -0.3 is 14.8 Å². The normalized spacial score (nSPS) is 10.6. The highest BCUT2D eigenvalue weighted by Crippen LogP contribution is 2.22. The maximum atomic E-state index is 12.6. The van der Waals surface area contributed by atoms with E-state index in [4.69, 9.17) is 9.47 Å². The van der Waals surface area contributed by atoms with Crippen LogP contribution in [0, 0.1) is 13.8 Å². The van der Waals surface area contributed by atoms with Crippen LogP contribution in [0.25, 0.3) is 5.69 Å². The van der Waals surface area contributed by atoms with E-state index in [2.05, 4.69) is 10.4 Å². The van der Waals surface area contributed by atoms with Crippen molar-refractivity contribution >= 4 is 17.6 Å². The number of benzene rings is 3. The number of aromatic nitrogens is 2. The van der Waals surface area contributed by atoms with Gasteiger partial charge in [0.1, 0.15) is 11.5 Å². The molecule has 4 rings (SSSR count). The van der Waals surface area contributed by atoms with Gasteiger partial charge in [-0.15, -0.1) is 0 Å². The van der Waals surface area contributed by atoms with Gasteiger partial charge in [-0.3, -0.25) is 9.59 Å². The molecule has 1 aromatic heterocycles. The Bertz CT molecular complexity index is 1310. The van der Waals surface area contributed by atoms with Gasteiger partial charge in [0.25, 0.3) is 5.91 Å². The number of amides is 1. The molecule has 34 heavy (non-hydrogen) atoms. The second kappa shape index (κ2) is 10.0. The van der Waals surface area contributed by atoms with Crippen molar-refractivity contribution in [1.82, 2.24) is 9.78 Å². The largest absolute Gasteiger partial charge is 0.496 e. The number of para-hydroxylation sites is 2. The van der Waals surface area contributed by atoms with Gasteiger partial charge in [0, 0.05) is 16.9 Å². The SMILES string of the molecule is COc1ccccc1C(=O)Nc1ccc(OC(=O)Cc2c(C)nn(-c3ccccc3)c2C)cc1. The molecule has 0 saturated carbocycles. The molecule has 0 atom stereocenters. The van der Waals surface area contributed by atoms with Crippen LogP contribution in [0.3, 0.4) is 0 Å². The predicted octanol–water partition coefficient (Wildman–Crippen LogP) is 4.90. The Balaban J connectivity index is 1.40. The zero-order chi connectivity index (χ0) is 24.1. The van der Waals surface area contributed by atoms with Gasteiger partial charge >= 0.3 is 5.97 Å². The zero-order valence-electron chi connectivity index (χ0n) is 19.2. The summed E-state index contributed by atoms with van der Waals surface area (Å²) < 4.78 is 12.6. The number of esters is 1. The zero-order valence-corrected chi connectivity index (χ0v) is 19.2. The summed E-state index contributed by atoms with van der Waals surface area (Å²) in [5, 5.41) is 7.39. The van der Waals surface area contributed by atoms with Crippen molar-refractivity contribution in [2.75, 3.05) is 12.4 Å². The summed E-state index contributed by atoms with van der Waals surface area (Å²) >= 11 is 0. The predicted molar refractivity (Wildman–Crippen MR) is 130 cm³/mol. The highest BCUT2D eigenvalue weighted by Gasteiger charge is 2.17. The summed E-state index contributed by atoms with van der Waals surface area (Å²) in [5.74, 6) is 0.214. The molecule has 3 aromatic carbocycles. The number of carbonyl (C=O) groups excluding carboxylic acids is 2. The first kappa shape index (κ1) is 22.8. The molecular weight excluding hydrogens is 430 g/mol. The van der Waals surface area contributed by atoms with Crippen molar-refractivity contribution in [1.29, 1.82) is 0 Å². The van der Waals surface area contributed by atoms with Crippen LogP contribution < -0.4 is 14.8 Å². The average molecular weight is 456 g/mol. The Morgan fingerprint density at radius 1 is 0.912 bits per heavy atom. The molecule has 0 unspecified atom stereocenters. The third-order valence-electron chi connectivity index (χ3n) is 5.46. The molecule has 7 nitrogen and oxygen atoms in total. The minimum Gasteiger partial charge on any atom is -0.496 e. The van der Waals surface area contributed by atoms with E-state index in [1.807, 2.05) is 48.9 Å². The highest BCUT2D eigenvalue weighted by atomic mass is 16.5. The minimum atomic E-state index is -0.385. The first-order valence-corrected chi connectivity index (χ1v) is 10.8. The maximum Gasteiger partial charge on any atom is 0.315 e. The van der Waals surface area contributed by atoms with E-state index in [9.17, 15) is 9.59 Å². The van der Waals surface area contributed by atoms with Crippen LogP contribution in [0.4, 0.5) is 5.69 Å². The van der Waals surface area contributed by atoms with Crippen LogP contribution in [0.5, 0.6) is 11.5 Å². The lowest BCUT2D eigenvalue weighted by atomic mass is 10.1. The fourth-order valence-electron chi connectivity index (χ4n) is 3.70. The van der Waals surface area contributed by atoms with Crippen molar-refractivity contribution < 1.29 is 19.1 Å². The Hall–Kier alpha value is -4.39. The van der Waals surface area contributed by atoms with Crippen molar-refractivity contribution in [2.45, 2.75) is 20.3 Å². The molecule has 1 N–H and O–H groups in total. The van der Waals surface area contributed by atoms with E-state index in [1.165, 1.54) is 7.11 Å². The van der Waals surface area contributed by atoms with E-state index in [1.54, 1.807) is 48.5 Å². The summed E-state index contributed by atoms with van der Waals surface area (Å²) in [6, 6.07) is 23.4. The topological polar surface area (TPSA) is 82.4 Å². The van der Waals surface area contributed by atoms with Gasteiger partial charge in [-0.1, -0.05) is 30.3 Å². The fraction of sp³-hybridized carbons (Fsp3) is 0.148. The van der Waals surface area contributed by atoms with Crippen molar-refractivity contribution in [3.8, 4) is 17.2 Å². The van der Waals surface area contributed by atoms with Crippen molar-refractivity contribution in [3.63, 3.8) is 0 Å². The highest BCUT2D eigenvalue weighted by molar-refractivity contribution is 6.06. The first-order valence-electron chi connectivity index (χ1n) is 10.8. The third-order valence-corrected chi connectivity index (χ3v) is 5.46.